The molecule has 7 nitrogen and oxygen atoms in total. The van der Waals surface area contributed by atoms with Gasteiger partial charge >= 0.3 is 5.97 Å². The van der Waals surface area contributed by atoms with Crippen LogP contribution >= 0.6 is 12.2 Å². The largest absolute Gasteiger partial charge is 0.462 e. The smallest absolute Gasteiger partial charge is 0.338 e. The fourth-order valence-electron chi connectivity index (χ4n) is 2.45. The highest BCUT2D eigenvalue weighted by Gasteiger charge is 2.11. The van der Waals surface area contributed by atoms with Crippen LogP contribution in [0.5, 0.6) is 0 Å². The molecule has 0 saturated heterocycles. The maximum Gasteiger partial charge on any atom is 0.338 e. The molecule has 0 aliphatic heterocycles. The molecule has 144 valence electrons. The van der Waals surface area contributed by atoms with Crippen LogP contribution in [0.2, 0.25) is 0 Å². The van der Waals surface area contributed by atoms with E-state index in [1.54, 1.807) is 19.1 Å². The van der Waals surface area contributed by atoms with Crippen LogP contribution in [0.3, 0.4) is 0 Å². The number of thiocarbonyl (C=S) groups is 1. The summed E-state index contributed by atoms with van der Waals surface area (Å²) in [5.74, 6) is 0.568. The second-order valence-electron chi connectivity index (χ2n) is 5.94. The Kier molecular flexibility index (Phi) is 6.33. The fraction of sp³-hybridized carbons (Fsp3) is 0.200. The lowest BCUT2D eigenvalue weighted by atomic mass is 10.1. The number of hydrogen-bond donors (Lipinski definition) is 2. The molecular formula is C20H20N4O3S. The first-order chi connectivity index (χ1) is 13.6. The molecule has 8 heteroatoms. The maximum atomic E-state index is 11.9. The molecule has 0 aliphatic carbocycles. The molecule has 0 fully saturated rings. The molecule has 0 atom stereocenters. The monoisotopic (exact) mass is 396 g/mol. The van der Waals surface area contributed by atoms with E-state index in [-0.39, 0.29) is 12.5 Å². The summed E-state index contributed by atoms with van der Waals surface area (Å²) in [4.78, 5) is 16.2. The molecule has 0 radical (unpaired) electrons. The first-order valence-corrected chi connectivity index (χ1v) is 9.18. The minimum Gasteiger partial charge on any atom is -0.462 e. The fourth-order valence-corrected chi connectivity index (χ4v) is 2.63. The third kappa shape index (κ3) is 4.92. The Labute approximate surface area is 168 Å². The average Bonchev–Trinajstić information content (AvgIpc) is 3.18. The van der Waals surface area contributed by atoms with Gasteiger partial charge in [-0.3, -0.25) is 0 Å². The Morgan fingerprint density at radius 3 is 2.75 bits per heavy atom. The predicted octanol–water partition coefficient (Wildman–Crippen LogP) is 3.71. The van der Waals surface area contributed by atoms with Crippen molar-refractivity contribution in [3.05, 3.63) is 65.5 Å². The van der Waals surface area contributed by atoms with Gasteiger partial charge in [0, 0.05) is 11.3 Å². The molecule has 3 rings (SSSR count). The number of carbonyl (C=O) groups is 1. The van der Waals surface area contributed by atoms with E-state index in [2.05, 4.69) is 20.8 Å². The van der Waals surface area contributed by atoms with Crippen LogP contribution in [-0.4, -0.2) is 27.8 Å². The summed E-state index contributed by atoms with van der Waals surface area (Å²) < 4.78 is 10.3. The zero-order chi connectivity index (χ0) is 19.9. The van der Waals surface area contributed by atoms with Crippen molar-refractivity contribution >= 4 is 29.0 Å². The summed E-state index contributed by atoms with van der Waals surface area (Å²) in [6.45, 7) is 4.29. The van der Waals surface area contributed by atoms with E-state index >= 15 is 0 Å². The van der Waals surface area contributed by atoms with Crippen molar-refractivity contribution in [3.63, 3.8) is 0 Å². The molecule has 0 spiro atoms. The van der Waals surface area contributed by atoms with Crippen LogP contribution in [0.15, 0.2) is 53.1 Å². The molecule has 1 heterocycles. The lowest BCUT2D eigenvalue weighted by molar-refractivity contribution is 0.0526. The molecule has 3 aromatic rings. The highest BCUT2D eigenvalue weighted by Crippen LogP contribution is 2.18. The van der Waals surface area contributed by atoms with E-state index in [0.717, 1.165) is 16.8 Å². The van der Waals surface area contributed by atoms with Crippen molar-refractivity contribution in [2.45, 2.75) is 20.4 Å². The Morgan fingerprint density at radius 2 is 2.00 bits per heavy atom. The normalized spacial score (nSPS) is 10.4. The quantitative estimate of drug-likeness (QED) is 0.481. The van der Waals surface area contributed by atoms with Crippen molar-refractivity contribution in [1.82, 2.24) is 15.5 Å². The van der Waals surface area contributed by atoms with Crippen LogP contribution in [0.25, 0.3) is 11.4 Å². The van der Waals surface area contributed by atoms with Crippen LogP contribution < -0.4 is 10.6 Å². The van der Waals surface area contributed by atoms with Gasteiger partial charge in [0.05, 0.1) is 18.7 Å². The van der Waals surface area contributed by atoms with E-state index in [1.807, 2.05) is 43.3 Å². The highest BCUT2D eigenvalue weighted by atomic mass is 32.1. The summed E-state index contributed by atoms with van der Waals surface area (Å²) in [6.07, 6.45) is 0. The van der Waals surface area contributed by atoms with E-state index in [1.165, 1.54) is 0 Å². The number of carbonyl (C=O) groups excluding carboxylic acids is 1. The van der Waals surface area contributed by atoms with E-state index in [4.69, 9.17) is 21.5 Å². The van der Waals surface area contributed by atoms with Gasteiger partial charge in [-0.15, -0.1) is 0 Å². The van der Waals surface area contributed by atoms with Crippen LogP contribution in [0, 0.1) is 6.92 Å². The van der Waals surface area contributed by atoms with Gasteiger partial charge in [0.15, 0.2) is 5.11 Å². The summed E-state index contributed by atoms with van der Waals surface area (Å²) in [5, 5.41) is 10.4. The molecule has 0 unspecified atom stereocenters. The van der Waals surface area contributed by atoms with E-state index < -0.39 is 0 Å². The van der Waals surface area contributed by atoms with Gasteiger partial charge in [0.2, 0.25) is 11.7 Å². The Hall–Kier alpha value is -3.26. The van der Waals surface area contributed by atoms with Crippen molar-refractivity contribution in [2.24, 2.45) is 0 Å². The van der Waals surface area contributed by atoms with Gasteiger partial charge in [-0.25, -0.2) is 4.79 Å². The molecule has 28 heavy (non-hydrogen) atoms. The Balaban J connectivity index is 1.60. The van der Waals surface area contributed by atoms with Gasteiger partial charge in [-0.05, 0) is 43.8 Å². The Bertz CT molecular complexity index is 973. The van der Waals surface area contributed by atoms with Crippen molar-refractivity contribution < 1.29 is 14.1 Å². The zero-order valence-electron chi connectivity index (χ0n) is 15.6. The molecule has 2 aromatic carbocycles. The van der Waals surface area contributed by atoms with Gasteiger partial charge in [0.1, 0.15) is 0 Å². The Morgan fingerprint density at radius 1 is 1.21 bits per heavy atom. The molecule has 0 bridgehead atoms. The summed E-state index contributed by atoms with van der Waals surface area (Å²) in [5.41, 5.74) is 3.01. The summed E-state index contributed by atoms with van der Waals surface area (Å²) in [7, 11) is 0. The standard InChI is InChI=1S/C20H20N4O3S/c1-3-26-19(25)15-10-9-13(2)16(11-15)22-20(28)21-12-17-23-18(24-27-17)14-7-5-4-6-8-14/h4-11H,3,12H2,1-2H3,(H2,21,22,28). The molecule has 0 saturated carbocycles. The van der Waals surface area contributed by atoms with Crippen LogP contribution in [0.4, 0.5) is 5.69 Å². The number of aryl methyl sites for hydroxylation is 1. The van der Waals surface area contributed by atoms with Crippen molar-refractivity contribution in [3.8, 4) is 11.4 Å². The van der Waals surface area contributed by atoms with Crippen molar-refractivity contribution in [2.75, 3.05) is 11.9 Å². The number of esters is 1. The number of benzene rings is 2. The number of hydrogen-bond acceptors (Lipinski definition) is 6. The van der Waals surface area contributed by atoms with Crippen LogP contribution in [-0.2, 0) is 11.3 Å². The molecule has 0 aliphatic rings. The van der Waals surface area contributed by atoms with E-state index in [0.29, 0.717) is 29.0 Å². The molecule has 2 N–H and O–H groups in total. The molecule has 1 aromatic heterocycles. The minimum absolute atomic E-state index is 0.280. The second kappa shape index (κ2) is 9.09. The van der Waals surface area contributed by atoms with Gasteiger partial charge in [0.25, 0.3) is 0 Å². The average molecular weight is 396 g/mol. The van der Waals surface area contributed by atoms with E-state index in [9.17, 15) is 4.79 Å². The van der Waals surface area contributed by atoms with Gasteiger partial charge in [-0.2, -0.15) is 4.98 Å². The highest BCUT2D eigenvalue weighted by molar-refractivity contribution is 7.80. The topological polar surface area (TPSA) is 89.3 Å². The number of aromatic nitrogens is 2. The van der Waals surface area contributed by atoms with Crippen molar-refractivity contribution in [1.29, 1.82) is 0 Å². The van der Waals surface area contributed by atoms with Gasteiger partial charge in [-0.1, -0.05) is 41.6 Å². The third-order valence-electron chi connectivity index (χ3n) is 3.90. The zero-order valence-corrected chi connectivity index (χ0v) is 16.4. The number of ether oxygens (including phenoxy) is 1. The first kappa shape index (κ1) is 19.5. The lowest BCUT2D eigenvalue weighted by Crippen LogP contribution is -2.28. The molecule has 0 amide bonds. The number of nitrogens with one attached hydrogen (secondary N) is 2. The number of anilines is 1. The summed E-state index contributed by atoms with van der Waals surface area (Å²) in [6, 6.07) is 14.8. The number of nitrogens with zero attached hydrogens (tertiary/aromatic N) is 2. The van der Waals surface area contributed by atoms with Gasteiger partial charge < -0.3 is 19.9 Å². The first-order valence-electron chi connectivity index (χ1n) is 8.77. The second-order valence-corrected chi connectivity index (χ2v) is 6.34. The SMILES string of the molecule is CCOC(=O)c1ccc(C)c(NC(=S)NCc2nc(-c3ccccc3)no2)c1. The summed E-state index contributed by atoms with van der Waals surface area (Å²) >= 11 is 5.33. The minimum atomic E-state index is -0.372. The number of rotatable bonds is 6. The third-order valence-corrected chi connectivity index (χ3v) is 4.14. The predicted molar refractivity (Wildman–Crippen MR) is 110 cm³/mol. The molecular weight excluding hydrogens is 376 g/mol. The van der Waals surface area contributed by atoms with Crippen LogP contribution in [0.1, 0.15) is 28.7 Å². The maximum absolute atomic E-state index is 11.9. The lowest BCUT2D eigenvalue weighted by Gasteiger charge is -2.12.